The first-order chi connectivity index (χ1) is 13.1. The van der Waals surface area contributed by atoms with E-state index in [0.717, 1.165) is 5.56 Å². The predicted octanol–water partition coefficient (Wildman–Crippen LogP) is -0.580. The molecule has 9 nitrogen and oxygen atoms in total. The van der Waals surface area contributed by atoms with Crippen molar-refractivity contribution < 1.29 is 20.1 Å². The number of fused-ring (bicyclic) bond motifs is 1. The van der Waals surface area contributed by atoms with E-state index in [4.69, 9.17) is 10.5 Å². The summed E-state index contributed by atoms with van der Waals surface area (Å²) in [6.07, 6.45) is -3.25. The highest BCUT2D eigenvalue weighted by Gasteiger charge is 2.44. The quantitative estimate of drug-likeness (QED) is 0.441. The lowest BCUT2D eigenvalue weighted by molar-refractivity contribution is -0.0514. The zero-order valence-electron chi connectivity index (χ0n) is 14.1. The molecule has 138 valence electrons. The third-order valence-corrected chi connectivity index (χ3v) is 4.37. The zero-order valence-corrected chi connectivity index (χ0v) is 14.1. The number of hydrogen-bond acceptors (Lipinski definition) is 8. The molecule has 4 rings (SSSR count). The molecule has 0 spiro atoms. The van der Waals surface area contributed by atoms with E-state index >= 15 is 0 Å². The third kappa shape index (κ3) is 3.01. The van der Waals surface area contributed by atoms with Crippen LogP contribution in [0.2, 0.25) is 0 Å². The first-order valence-corrected chi connectivity index (χ1v) is 8.28. The first kappa shape index (κ1) is 17.4. The maximum atomic E-state index is 10.4. The average molecular weight is 367 g/mol. The first-order valence-electron chi connectivity index (χ1n) is 8.28. The van der Waals surface area contributed by atoms with Gasteiger partial charge in [-0.3, -0.25) is 4.57 Å². The molecule has 5 N–H and O–H groups in total. The van der Waals surface area contributed by atoms with Crippen LogP contribution < -0.4 is 5.73 Å². The molecule has 3 aromatic rings. The number of hydrogen-bond donors (Lipinski definition) is 4. The van der Waals surface area contributed by atoms with Gasteiger partial charge in [0.15, 0.2) is 29.0 Å². The van der Waals surface area contributed by atoms with Gasteiger partial charge in [-0.25, -0.2) is 15.0 Å². The molecule has 9 heteroatoms. The summed E-state index contributed by atoms with van der Waals surface area (Å²) in [5.41, 5.74) is 7.29. The highest BCUT2D eigenvalue weighted by atomic mass is 16.6. The Morgan fingerprint density at radius 2 is 1.89 bits per heavy atom. The molecule has 0 amide bonds. The zero-order chi connectivity index (χ0) is 19.0. The van der Waals surface area contributed by atoms with Crippen molar-refractivity contribution in [3.05, 3.63) is 48.0 Å². The van der Waals surface area contributed by atoms with E-state index < -0.39 is 31.1 Å². The van der Waals surface area contributed by atoms with E-state index in [9.17, 15) is 15.3 Å². The fourth-order valence-corrected chi connectivity index (χ4v) is 3.00. The number of aliphatic hydroxyl groups is 3. The topological polar surface area (TPSA) is 140 Å². The number of nitrogen functional groups attached to an aromatic ring is 1. The van der Waals surface area contributed by atoms with Crippen LogP contribution in [0.5, 0.6) is 0 Å². The van der Waals surface area contributed by atoms with Crippen LogP contribution in [0.4, 0.5) is 5.82 Å². The Bertz CT molecular complexity index is 1030. The second kappa shape index (κ2) is 6.94. The summed E-state index contributed by atoms with van der Waals surface area (Å²) in [4.78, 5) is 12.5. The summed E-state index contributed by atoms with van der Waals surface area (Å²) in [7, 11) is 0. The second-order valence-corrected chi connectivity index (χ2v) is 6.08. The molecule has 2 unspecified atom stereocenters. The van der Waals surface area contributed by atoms with Crippen LogP contribution >= 0.6 is 0 Å². The van der Waals surface area contributed by atoms with Crippen LogP contribution in [-0.4, -0.2) is 59.8 Å². The Morgan fingerprint density at radius 1 is 1.11 bits per heavy atom. The van der Waals surface area contributed by atoms with E-state index in [1.807, 2.05) is 30.3 Å². The Labute approximate surface area is 154 Å². The molecule has 3 heterocycles. The van der Waals surface area contributed by atoms with Crippen molar-refractivity contribution >= 4 is 17.0 Å². The smallest absolute Gasteiger partial charge is 0.190 e. The minimum Gasteiger partial charge on any atom is -0.394 e. The summed E-state index contributed by atoms with van der Waals surface area (Å²) >= 11 is 0. The highest BCUT2D eigenvalue weighted by molar-refractivity contribution is 5.82. The SMILES string of the molecule is Nc1ncnc2c1nc(C#Cc1ccccc1)n2[C@@H]1O[C@H](CO)C(O)C1O. The van der Waals surface area contributed by atoms with Crippen molar-refractivity contribution in [1.82, 2.24) is 19.5 Å². The largest absolute Gasteiger partial charge is 0.394 e. The Balaban J connectivity index is 1.86. The van der Waals surface area contributed by atoms with Crippen LogP contribution in [0.1, 0.15) is 17.6 Å². The number of rotatable bonds is 2. The molecule has 4 atom stereocenters. The lowest BCUT2D eigenvalue weighted by Gasteiger charge is -2.17. The fourth-order valence-electron chi connectivity index (χ4n) is 3.00. The van der Waals surface area contributed by atoms with E-state index in [-0.39, 0.29) is 11.6 Å². The molecule has 1 aromatic carbocycles. The van der Waals surface area contributed by atoms with E-state index in [1.54, 1.807) is 0 Å². The summed E-state index contributed by atoms with van der Waals surface area (Å²) in [5.74, 6) is 6.33. The standard InChI is InChI=1S/C18H17N5O4/c19-16-13-17(21-9-20-16)23(18-15(26)14(25)11(8-24)27-18)12(22-13)7-6-10-4-2-1-3-5-10/h1-5,9,11,14-15,18,24-26H,8H2,(H2,19,20,21)/t11-,14?,15?,18-/m1/s1. The Kier molecular flexibility index (Phi) is 4.47. The van der Waals surface area contributed by atoms with Gasteiger partial charge in [0, 0.05) is 5.56 Å². The molecule has 2 aromatic heterocycles. The molecule has 1 aliphatic rings. The van der Waals surface area contributed by atoms with Gasteiger partial charge in [0.1, 0.15) is 24.6 Å². The van der Waals surface area contributed by atoms with Crippen LogP contribution in [-0.2, 0) is 4.74 Å². The molecule has 27 heavy (non-hydrogen) atoms. The van der Waals surface area contributed by atoms with Gasteiger partial charge in [-0.1, -0.05) is 24.1 Å². The summed E-state index contributed by atoms with van der Waals surface area (Å²) in [6.45, 7) is -0.441. The van der Waals surface area contributed by atoms with Crippen LogP contribution in [0.15, 0.2) is 36.7 Å². The molecule has 0 bridgehead atoms. The number of aliphatic hydroxyl groups excluding tert-OH is 3. The lowest BCUT2D eigenvalue weighted by Crippen LogP contribution is -2.33. The number of nitrogens with two attached hydrogens (primary N) is 1. The average Bonchev–Trinajstić information content (AvgIpc) is 3.19. The number of imidazole rings is 1. The van der Waals surface area contributed by atoms with Crippen molar-refractivity contribution in [3.63, 3.8) is 0 Å². The molecule has 0 saturated carbocycles. The van der Waals surface area contributed by atoms with Crippen LogP contribution in [0, 0.1) is 11.8 Å². The predicted molar refractivity (Wildman–Crippen MR) is 95.2 cm³/mol. The van der Waals surface area contributed by atoms with E-state index in [2.05, 4.69) is 26.8 Å². The molecular formula is C18H17N5O4. The summed E-state index contributed by atoms with van der Waals surface area (Å²) in [5, 5.41) is 29.9. The molecular weight excluding hydrogens is 350 g/mol. The molecule has 1 aliphatic heterocycles. The number of aromatic nitrogens is 4. The highest BCUT2D eigenvalue weighted by Crippen LogP contribution is 2.33. The van der Waals surface area contributed by atoms with Gasteiger partial charge in [0.2, 0.25) is 0 Å². The Hall–Kier alpha value is -3.03. The second-order valence-electron chi connectivity index (χ2n) is 6.08. The lowest BCUT2D eigenvalue weighted by atomic mass is 10.1. The van der Waals surface area contributed by atoms with Gasteiger partial charge in [-0.2, -0.15) is 0 Å². The van der Waals surface area contributed by atoms with Crippen LogP contribution in [0.25, 0.3) is 11.2 Å². The minimum atomic E-state index is -1.30. The van der Waals surface area contributed by atoms with Gasteiger partial charge in [0.05, 0.1) is 6.61 Å². The fraction of sp³-hybridized carbons (Fsp3) is 0.278. The summed E-state index contributed by atoms with van der Waals surface area (Å²) in [6, 6.07) is 9.31. The summed E-state index contributed by atoms with van der Waals surface area (Å²) < 4.78 is 7.09. The molecule has 0 radical (unpaired) electrons. The number of anilines is 1. The minimum absolute atomic E-state index is 0.160. The van der Waals surface area contributed by atoms with Gasteiger partial charge in [-0.15, -0.1) is 0 Å². The van der Waals surface area contributed by atoms with Crippen molar-refractivity contribution in [1.29, 1.82) is 0 Å². The number of ether oxygens (including phenoxy) is 1. The normalized spacial score (nSPS) is 24.7. The van der Waals surface area contributed by atoms with E-state index in [0.29, 0.717) is 11.2 Å². The van der Waals surface area contributed by atoms with Crippen molar-refractivity contribution in [2.75, 3.05) is 12.3 Å². The molecule has 0 aliphatic carbocycles. The van der Waals surface area contributed by atoms with Crippen LogP contribution in [0.3, 0.4) is 0 Å². The van der Waals surface area contributed by atoms with Crippen molar-refractivity contribution in [2.45, 2.75) is 24.5 Å². The van der Waals surface area contributed by atoms with Crippen molar-refractivity contribution in [2.24, 2.45) is 0 Å². The van der Waals surface area contributed by atoms with Gasteiger partial charge in [0.25, 0.3) is 0 Å². The van der Waals surface area contributed by atoms with Gasteiger partial charge >= 0.3 is 0 Å². The number of benzene rings is 1. The van der Waals surface area contributed by atoms with Crippen molar-refractivity contribution in [3.8, 4) is 11.8 Å². The van der Waals surface area contributed by atoms with Gasteiger partial charge in [-0.05, 0) is 18.1 Å². The maximum Gasteiger partial charge on any atom is 0.190 e. The molecule has 1 fully saturated rings. The Morgan fingerprint density at radius 3 is 2.59 bits per heavy atom. The monoisotopic (exact) mass is 367 g/mol. The maximum absolute atomic E-state index is 10.4. The van der Waals surface area contributed by atoms with E-state index in [1.165, 1.54) is 10.9 Å². The third-order valence-electron chi connectivity index (χ3n) is 4.37. The van der Waals surface area contributed by atoms with Gasteiger partial charge < -0.3 is 25.8 Å². The molecule has 1 saturated heterocycles. The number of nitrogens with zero attached hydrogens (tertiary/aromatic N) is 4.